The van der Waals surface area contributed by atoms with Crippen molar-refractivity contribution in [2.45, 2.75) is 18.6 Å². The van der Waals surface area contributed by atoms with Gasteiger partial charge in [-0.05, 0) is 12.8 Å². The van der Waals surface area contributed by atoms with Gasteiger partial charge in [0.25, 0.3) is 0 Å². The fourth-order valence-electron chi connectivity index (χ4n) is 3.33. The molecule has 0 spiro atoms. The Balaban J connectivity index is 1.49. The summed E-state index contributed by atoms with van der Waals surface area (Å²) in [6.07, 6.45) is 3.48. The van der Waals surface area contributed by atoms with Crippen LogP contribution < -0.4 is 5.32 Å². The van der Waals surface area contributed by atoms with Gasteiger partial charge < -0.3 is 19.6 Å². The van der Waals surface area contributed by atoms with Gasteiger partial charge in [0.05, 0.1) is 12.2 Å². The molecule has 0 saturated carbocycles. The second-order valence-corrected chi connectivity index (χ2v) is 8.59. The maximum absolute atomic E-state index is 12.5. The smallest absolute Gasteiger partial charge is 0.241 e. The molecule has 2 aliphatic rings. The number of nitrogens with one attached hydrogen (secondary N) is 1. The molecule has 2 saturated heterocycles. The van der Waals surface area contributed by atoms with Crippen LogP contribution in [0.3, 0.4) is 0 Å². The van der Waals surface area contributed by atoms with E-state index in [1.165, 1.54) is 10.6 Å². The Morgan fingerprint density at radius 2 is 1.89 bits per heavy atom. The molecule has 0 aliphatic carbocycles. The fourth-order valence-corrected chi connectivity index (χ4v) is 4.76. The van der Waals surface area contributed by atoms with Crippen LogP contribution in [0.15, 0.2) is 21.8 Å². The zero-order valence-corrected chi connectivity index (χ0v) is 16.3. The van der Waals surface area contributed by atoms with E-state index in [1.807, 2.05) is 9.80 Å². The van der Waals surface area contributed by atoms with E-state index in [2.05, 4.69) is 15.5 Å². The van der Waals surface area contributed by atoms with Crippen molar-refractivity contribution < 1.29 is 17.7 Å². The molecule has 2 fully saturated rings. The summed E-state index contributed by atoms with van der Waals surface area (Å²) in [5, 5.41) is 6.77. The van der Waals surface area contributed by atoms with Gasteiger partial charge in [-0.3, -0.25) is 9.79 Å². The van der Waals surface area contributed by atoms with Crippen molar-refractivity contribution in [3.8, 4) is 0 Å². The Hall–Kier alpha value is -2.14. The Morgan fingerprint density at radius 1 is 1.19 bits per heavy atom. The molecule has 2 aliphatic heterocycles. The summed E-state index contributed by atoms with van der Waals surface area (Å²) in [5.74, 6) is 0.527. The van der Waals surface area contributed by atoms with Crippen molar-refractivity contribution in [2.24, 2.45) is 4.99 Å². The molecule has 3 heterocycles. The van der Waals surface area contributed by atoms with Gasteiger partial charge in [0, 0.05) is 52.4 Å². The molecule has 1 aromatic heterocycles. The van der Waals surface area contributed by atoms with Gasteiger partial charge >= 0.3 is 0 Å². The minimum atomic E-state index is -3.44. The van der Waals surface area contributed by atoms with Crippen LogP contribution >= 0.6 is 0 Å². The van der Waals surface area contributed by atoms with Gasteiger partial charge in [0.15, 0.2) is 5.96 Å². The largest absolute Gasteiger partial charge is 0.364 e. The van der Waals surface area contributed by atoms with Crippen molar-refractivity contribution in [3.05, 3.63) is 18.0 Å². The van der Waals surface area contributed by atoms with Crippen LogP contribution in [0.2, 0.25) is 0 Å². The van der Waals surface area contributed by atoms with E-state index in [-0.39, 0.29) is 18.2 Å². The molecule has 11 heteroatoms. The fraction of sp³-hybridized carbons (Fsp3) is 0.688. The van der Waals surface area contributed by atoms with E-state index in [4.69, 9.17) is 4.52 Å². The van der Waals surface area contributed by atoms with E-state index in [9.17, 15) is 13.2 Å². The summed E-state index contributed by atoms with van der Waals surface area (Å²) in [7, 11) is -1.77. The predicted molar refractivity (Wildman–Crippen MR) is 99.4 cm³/mol. The van der Waals surface area contributed by atoms with Crippen molar-refractivity contribution in [1.82, 2.24) is 24.6 Å². The van der Waals surface area contributed by atoms with E-state index < -0.39 is 10.0 Å². The van der Waals surface area contributed by atoms with Crippen LogP contribution in [0.25, 0.3) is 0 Å². The number of hydrogen-bond acceptors (Lipinski definition) is 6. The van der Waals surface area contributed by atoms with Gasteiger partial charge in [-0.25, -0.2) is 8.42 Å². The lowest BCUT2D eigenvalue weighted by atomic mass is 10.4. The zero-order chi connectivity index (χ0) is 19.3. The Bertz CT molecular complexity index is 750. The second kappa shape index (κ2) is 8.70. The first-order valence-corrected chi connectivity index (χ1v) is 10.7. The molecule has 0 unspecified atom stereocenters. The lowest BCUT2D eigenvalue weighted by Gasteiger charge is -2.35. The number of aliphatic imine (C=N–C) groups is 1. The number of piperazine rings is 1. The summed E-state index contributed by atoms with van der Waals surface area (Å²) < 4.78 is 31.1. The zero-order valence-electron chi connectivity index (χ0n) is 15.5. The average Bonchev–Trinajstić information content (AvgIpc) is 3.36. The summed E-state index contributed by atoms with van der Waals surface area (Å²) in [6, 6.07) is 1.55. The molecule has 3 rings (SSSR count). The topological polar surface area (TPSA) is 111 Å². The molecule has 1 aromatic rings. The number of nitrogens with zero attached hydrogens (tertiary/aromatic N) is 5. The van der Waals surface area contributed by atoms with Crippen LogP contribution in [-0.2, 0) is 20.6 Å². The third kappa shape index (κ3) is 4.98. The van der Waals surface area contributed by atoms with Crippen molar-refractivity contribution in [1.29, 1.82) is 0 Å². The van der Waals surface area contributed by atoms with Gasteiger partial charge in [-0.15, -0.1) is 0 Å². The third-order valence-corrected chi connectivity index (χ3v) is 6.63. The SMILES string of the molecule is CN=C(NCC(=O)N1CCCC1)N1CCN(S(=O)(=O)Cc2ccon2)CC1. The van der Waals surface area contributed by atoms with E-state index in [1.54, 1.807) is 13.1 Å². The highest BCUT2D eigenvalue weighted by molar-refractivity contribution is 7.88. The molecule has 0 bridgehead atoms. The molecule has 27 heavy (non-hydrogen) atoms. The highest BCUT2D eigenvalue weighted by atomic mass is 32.2. The number of likely N-dealkylation sites (tertiary alicyclic amines) is 1. The third-order valence-electron chi connectivity index (χ3n) is 4.82. The number of sulfonamides is 1. The minimum Gasteiger partial charge on any atom is -0.364 e. The van der Waals surface area contributed by atoms with Gasteiger partial charge in [0.1, 0.15) is 12.0 Å². The highest BCUT2D eigenvalue weighted by Crippen LogP contribution is 2.13. The summed E-state index contributed by atoms with van der Waals surface area (Å²) in [4.78, 5) is 20.2. The van der Waals surface area contributed by atoms with Gasteiger partial charge in [-0.2, -0.15) is 4.31 Å². The normalized spacial score (nSPS) is 19.5. The van der Waals surface area contributed by atoms with Crippen LogP contribution in [0, 0.1) is 0 Å². The summed E-state index contributed by atoms with van der Waals surface area (Å²) >= 11 is 0. The van der Waals surface area contributed by atoms with Crippen molar-refractivity contribution in [3.63, 3.8) is 0 Å². The number of carbonyl (C=O) groups excluding carboxylic acids is 1. The van der Waals surface area contributed by atoms with E-state index >= 15 is 0 Å². The number of guanidine groups is 1. The number of amides is 1. The number of hydrogen-bond donors (Lipinski definition) is 1. The van der Waals surface area contributed by atoms with Gasteiger partial charge in [-0.1, -0.05) is 5.16 Å². The summed E-state index contributed by atoms with van der Waals surface area (Å²) in [5.41, 5.74) is 0.398. The highest BCUT2D eigenvalue weighted by Gasteiger charge is 2.29. The Morgan fingerprint density at radius 3 is 2.48 bits per heavy atom. The standard InChI is InChI=1S/C16H26N6O4S/c1-17-16(18-12-15(23)20-5-2-3-6-20)21-7-9-22(10-8-21)27(24,25)13-14-4-11-26-19-14/h4,11H,2-3,5-10,12-13H2,1H3,(H,17,18). The maximum atomic E-state index is 12.5. The minimum absolute atomic E-state index is 0.0717. The molecule has 0 radical (unpaired) electrons. The van der Waals surface area contributed by atoms with Crippen LogP contribution in [0.5, 0.6) is 0 Å². The Labute approximate surface area is 159 Å². The molecule has 1 amide bonds. The van der Waals surface area contributed by atoms with Crippen molar-refractivity contribution >= 4 is 21.9 Å². The Kier molecular flexibility index (Phi) is 6.32. The first-order valence-electron chi connectivity index (χ1n) is 9.10. The molecule has 0 aromatic carbocycles. The molecule has 10 nitrogen and oxygen atoms in total. The molecule has 150 valence electrons. The van der Waals surface area contributed by atoms with Gasteiger partial charge in [0.2, 0.25) is 15.9 Å². The van der Waals surface area contributed by atoms with E-state index in [0.717, 1.165) is 25.9 Å². The molecule has 1 N–H and O–H groups in total. The lowest BCUT2D eigenvalue weighted by Crippen LogP contribution is -2.54. The van der Waals surface area contributed by atoms with Crippen LogP contribution in [0.4, 0.5) is 0 Å². The van der Waals surface area contributed by atoms with Crippen molar-refractivity contribution in [2.75, 3.05) is 52.9 Å². The maximum Gasteiger partial charge on any atom is 0.241 e. The molecular formula is C16H26N6O4S. The molecular weight excluding hydrogens is 372 g/mol. The van der Waals surface area contributed by atoms with E-state index in [0.29, 0.717) is 37.8 Å². The first-order chi connectivity index (χ1) is 13.0. The quantitative estimate of drug-likeness (QED) is 0.517. The monoisotopic (exact) mass is 398 g/mol. The average molecular weight is 398 g/mol. The first kappa shape index (κ1) is 19.6. The lowest BCUT2D eigenvalue weighted by molar-refractivity contribution is -0.128. The number of carbonyl (C=O) groups is 1. The number of rotatable bonds is 5. The van der Waals surface area contributed by atoms with Crippen LogP contribution in [-0.4, -0.2) is 92.4 Å². The molecule has 0 atom stereocenters. The predicted octanol–water partition coefficient (Wildman–Crippen LogP) is -0.680. The van der Waals surface area contributed by atoms with Crippen LogP contribution in [0.1, 0.15) is 18.5 Å². The summed E-state index contributed by atoms with van der Waals surface area (Å²) in [6.45, 7) is 3.59. The second-order valence-electron chi connectivity index (χ2n) is 6.62. The number of aromatic nitrogens is 1.